The first-order valence-electron chi connectivity index (χ1n) is 9.30. The molecule has 0 bridgehead atoms. The molecule has 7 heteroatoms. The van der Waals surface area contributed by atoms with Crippen LogP contribution in [0.15, 0.2) is 67.0 Å². The van der Waals surface area contributed by atoms with E-state index in [-0.39, 0.29) is 12.5 Å². The zero-order valence-electron chi connectivity index (χ0n) is 16.2. The number of carbonyl (C=O) groups is 2. The van der Waals surface area contributed by atoms with Crippen molar-refractivity contribution in [2.24, 2.45) is 0 Å². The van der Waals surface area contributed by atoms with Crippen LogP contribution in [-0.2, 0) is 16.1 Å². The van der Waals surface area contributed by atoms with E-state index in [2.05, 4.69) is 10.4 Å². The Morgan fingerprint density at radius 3 is 2.72 bits per heavy atom. The maximum atomic E-state index is 12.1. The van der Waals surface area contributed by atoms with Crippen molar-refractivity contribution in [1.82, 2.24) is 15.1 Å². The van der Waals surface area contributed by atoms with Gasteiger partial charge >= 0.3 is 5.97 Å². The fourth-order valence-electron chi connectivity index (χ4n) is 2.66. The van der Waals surface area contributed by atoms with Crippen LogP contribution < -0.4 is 10.1 Å². The highest BCUT2D eigenvalue weighted by molar-refractivity contribution is 5.90. The number of benzene rings is 2. The number of amides is 1. The fraction of sp³-hybridized carbons (Fsp3) is 0.227. The third-order valence-electron chi connectivity index (χ3n) is 4.07. The molecular formula is C22H23N3O4. The topological polar surface area (TPSA) is 82.4 Å². The molecule has 0 aliphatic carbocycles. The van der Waals surface area contributed by atoms with Crippen molar-refractivity contribution in [3.63, 3.8) is 0 Å². The van der Waals surface area contributed by atoms with Gasteiger partial charge in [-0.3, -0.25) is 9.48 Å². The van der Waals surface area contributed by atoms with Crippen LogP contribution in [0, 0.1) is 6.92 Å². The predicted octanol–water partition coefficient (Wildman–Crippen LogP) is 2.59. The van der Waals surface area contributed by atoms with E-state index in [9.17, 15) is 9.59 Å². The standard InChI is InChI=1S/C22H23N3O4/c1-17-6-5-9-20(12-17)28-11-10-23-21(26)16-29-22(27)19-13-24-25(15-19)14-18-7-3-2-4-8-18/h2-9,12-13,15H,10-11,14,16H2,1H3,(H,23,26). The van der Waals surface area contributed by atoms with Crippen LogP contribution in [0.3, 0.4) is 0 Å². The normalized spacial score (nSPS) is 10.4. The second kappa shape index (κ2) is 10.1. The first-order valence-corrected chi connectivity index (χ1v) is 9.30. The summed E-state index contributed by atoms with van der Waals surface area (Å²) in [5, 5.41) is 6.80. The maximum Gasteiger partial charge on any atom is 0.341 e. The van der Waals surface area contributed by atoms with Crippen molar-refractivity contribution in [3.05, 3.63) is 83.7 Å². The van der Waals surface area contributed by atoms with Crippen molar-refractivity contribution >= 4 is 11.9 Å². The van der Waals surface area contributed by atoms with Gasteiger partial charge in [-0.2, -0.15) is 5.10 Å². The van der Waals surface area contributed by atoms with Gasteiger partial charge in [-0.25, -0.2) is 4.79 Å². The van der Waals surface area contributed by atoms with E-state index in [0.717, 1.165) is 16.9 Å². The average Bonchev–Trinajstić information content (AvgIpc) is 3.19. The van der Waals surface area contributed by atoms with Gasteiger partial charge in [0.25, 0.3) is 5.91 Å². The van der Waals surface area contributed by atoms with Crippen molar-refractivity contribution < 1.29 is 19.1 Å². The number of aryl methyl sites for hydroxylation is 1. The summed E-state index contributed by atoms with van der Waals surface area (Å²) in [4.78, 5) is 23.9. The van der Waals surface area contributed by atoms with Gasteiger partial charge < -0.3 is 14.8 Å². The second-order valence-electron chi connectivity index (χ2n) is 6.50. The molecule has 0 aliphatic heterocycles. The van der Waals surface area contributed by atoms with E-state index in [4.69, 9.17) is 9.47 Å². The highest BCUT2D eigenvalue weighted by atomic mass is 16.5. The Morgan fingerprint density at radius 2 is 1.93 bits per heavy atom. The molecule has 1 heterocycles. The molecule has 3 aromatic rings. The Bertz CT molecular complexity index is 953. The lowest BCUT2D eigenvalue weighted by molar-refractivity contribution is -0.124. The predicted molar refractivity (Wildman–Crippen MR) is 108 cm³/mol. The molecule has 3 rings (SSSR count). The smallest absolute Gasteiger partial charge is 0.341 e. The maximum absolute atomic E-state index is 12.1. The zero-order chi connectivity index (χ0) is 20.5. The average molecular weight is 393 g/mol. The van der Waals surface area contributed by atoms with E-state index < -0.39 is 5.97 Å². The molecule has 1 aromatic heterocycles. The van der Waals surface area contributed by atoms with Crippen molar-refractivity contribution in [1.29, 1.82) is 0 Å². The molecular weight excluding hydrogens is 370 g/mol. The van der Waals surface area contributed by atoms with Gasteiger partial charge in [0.15, 0.2) is 6.61 Å². The van der Waals surface area contributed by atoms with Gasteiger partial charge in [0.05, 0.1) is 24.8 Å². The van der Waals surface area contributed by atoms with Gasteiger partial charge in [-0.05, 0) is 30.2 Å². The summed E-state index contributed by atoms with van der Waals surface area (Å²) in [5.41, 5.74) is 2.48. The molecule has 2 aromatic carbocycles. The van der Waals surface area contributed by atoms with Gasteiger partial charge in [-0.1, -0.05) is 42.5 Å². The van der Waals surface area contributed by atoms with Gasteiger partial charge in [0, 0.05) is 6.20 Å². The number of aromatic nitrogens is 2. The van der Waals surface area contributed by atoms with Crippen molar-refractivity contribution in [2.45, 2.75) is 13.5 Å². The third kappa shape index (κ3) is 6.49. The molecule has 0 atom stereocenters. The molecule has 7 nitrogen and oxygen atoms in total. The minimum Gasteiger partial charge on any atom is -0.492 e. The second-order valence-corrected chi connectivity index (χ2v) is 6.50. The highest BCUT2D eigenvalue weighted by Gasteiger charge is 2.12. The molecule has 1 N–H and O–H groups in total. The fourth-order valence-corrected chi connectivity index (χ4v) is 2.66. The number of carbonyl (C=O) groups excluding carboxylic acids is 2. The molecule has 150 valence electrons. The van der Waals surface area contributed by atoms with Gasteiger partial charge in [-0.15, -0.1) is 0 Å². The molecule has 0 saturated carbocycles. The van der Waals surface area contributed by atoms with E-state index >= 15 is 0 Å². The Labute approximate surface area is 169 Å². The summed E-state index contributed by atoms with van der Waals surface area (Å²) in [6, 6.07) is 17.4. The molecule has 0 unspecified atom stereocenters. The van der Waals surface area contributed by atoms with E-state index in [1.165, 1.54) is 6.20 Å². The largest absolute Gasteiger partial charge is 0.492 e. The Balaban J connectivity index is 1.36. The Hall–Kier alpha value is -3.61. The molecule has 0 spiro atoms. The summed E-state index contributed by atoms with van der Waals surface area (Å²) in [5.74, 6) is -0.225. The number of nitrogens with one attached hydrogen (secondary N) is 1. The lowest BCUT2D eigenvalue weighted by Crippen LogP contribution is -2.32. The molecule has 0 aliphatic rings. The summed E-state index contributed by atoms with van der Waals surface area (Å²) in [7, 11) is 0. The zero-order valence-corrected chi connectivity index (χ0v) is 16.2. The summed E-state index contributed by atoms with van der Waals surface area (Å²) in [6.07, 6.45) is 3.03. The minimum atomic E-state index is -0.588. The lowest BCUT2D eigenvalue weighted by atomic mass is 10.2. The minimum absolute atomic E-state index is 0.302. The van der Waals surface area contributed by atoms with Crippen LogP contribution in [0.2, 0.25) is 0 Å². The van der Waals surface area contributed by atoms with Crippen LogP contribution in [0.5, 0.6) is 5.75 Å². The van der Waals surface area contributed by atoms with Crippen LogP contribution in [0.25, 0.3) is 0 Å². The number of nitrogens with zero attached hydrogens (tertiary/aromatic N) is 2. The number of hydrogen-bond acceptors (Lipinski definition) is 5. The van der Waals surface area contributed by atoms with Crippen LogP contribution in [0.1, 0.15) is 21.5 Å². The lowest BCUT2D eigenvalue weighted by Gasteiger charge is -2.08. The molecule has 29 heavy (non-hydrogen) atoms. The number of hydrogen-bond donors (Lipinski definition) is 1. The third-order valence-corrected chi connectivity index (χ3v) is 4.07. The van der Waals surface area contributed by atoms with Crippen LogP contribution in [0.4, 0.5) is 0 Å². The Kier molecular flexibility index (Phi) is 7.00. The molecule has 0 fully saturated rings. The summed E-state index contributed by atoms with van der Waals surface area (Å²) >= 11 is 0. The van der Waals surface area contributed by atoms with E-state index in [0.29, 0.717) is 25.3 Å². The number of esters is 1. The SMILES string of the molecule is Cc1cccc(OCCNC(=O)COC(=O)c2cnn(Cc3ccccc3)c2)c1. The summed E-state index contributed by atoms with van der Waals surface area (Å²) in [6.45, 7) is 2.83. The summed E-state index contributed by atoms with van der Waals surface area (Å²) < 4.78 is 12.2. The monoisotopic (exact) mass is 393 g/mol. The molecule has 1 amide bonds. The van der Waals surface area contributed by atoms with Gasteiger partial charge in [0.2, 0.25) is 0 Å². The molecule has 0 radical (unpaired) electrons. The van der Waals surface area contributed by atoms with Crippen LogP contribution in [-0.4, -0.2) is 41.4 Å². The number of rotatable bonds is 9. The van der Waals surface area contributed by atoms with Crippen molar-refractivity contribution in [3.8, 4) is 5.75 Å². The van der Waals surface area contributed by atoms with Crippen LogP contribution >= 0.6 is 0 Å². The van der Waals surface area contributed by atoms with Gasteiger partial charge in [0.1, 0.15) is 12.4 Å². The first kappa shape index (κ1) is 20.1. The Morgan fingerprint density at radius 1 is 1.10 bits per heavy atom. The van der Waals surface area contributed by atoms with Crippen molar-refractivity contribution in [2.75, 3.05) is 19.8 Å². The first-order chi connectivity index (χ1) is 14.1. The molecule has 0 saturated heterocycles. The van der Waals surface area contributed by atoms with E-state index in [1.807, 2.05) is 61.5 Å². The number of ether oxygens (including phenoxy) is 2. The quantitative estimate of drug-likeness (QED) is 0.446. The highest BCUT2D eigenvalue weighted by Crippen LogP contribution is 2.11. The van der Waals surface area contributed by atoms with E-state index in [1.54, 1.807) is 10.9 Å².